The summed E-state index contributed by atoms with van der Waals surface area (Å²) >= 11 is 0. The van der Waals surface area contributed by atoms with Crippen LogP contribution in [0.3, 0.4) is 0 Å². The van der Waals surface area contributed by atoms with Crippen LogP contribution in [0.15, 0.2) is 120 Å². The number of sulfone groups is 1. The van der Waals surface area contributed by atoms with Gasteiger partial charge in [0.2, 0.25) is 0 Å². The maximum Gasteiger partial charge on any atom is 0.338 e. The molecular weight excluding hydrogens is 608 g/mol. The number of ether oxygens (including phenoxy) is 4. The maximum absolute atomic E-state index is 13.5. The molecule has 1 aliphatic heterocycles. The van der Waals surface area contributed by atoms with Gasteiger partial charge in [-0.05, 0) is 48.9 Å². The van der Waals surface area contributed by atoms with E-state index in [9.17, 15) is 22.8 Å². The maximum atomic E-state index is 13.5. The van der Waals surface area contributed by atoms with Gasteiger partial charge in [-0.25, -0.2) is 18.0 Å². The predicted octanol–water partition coefficient (Wildman–Crippen LogP) is 5.42. The molecule has 0 saturated carbocycles. The fraction of sp³-hybridized carbons (Fsp3) is 0.306. The Morgan fingerprint density at radius 3 is 1.91 bits per heavy atom. The Bertz CT molecular complexity index is 1640. The van der Waals surface area contributed by atoms with Gasteiger partial charge in [-0.3, -0.25) is 4.79 Å². The Morgan fingerprint density at radius 2 is 1.37 bits per heavy atom. The number of carbonyl (C=O) groups excluding carboxylic acids is 3. The van der Waals surface area contributed by atoms with Gasteiger partial charge in [-0.1, -0.05) is 67.8 Å². The van der Waals surface area contributed by atoms with Crippen LogP contribution in [-0.4, -0.2) is 70.0 Å². The molecule has 0 amide bonds. The summed E-state index contributed by atoms with van der Waals surface area (Å²) < 4.78 is 50.6. The molecule has 1 fully saturated rings. The number of carbonyl (C=O) groups is 3. The number of ketones is 1. The molecule has 3 aromatic rings. The van der Waals surface area contributed by atoms with Gasteiger partial charge in [-0.15, -0.1) is 0 Å². The van der Waals surface area contributed by atoms with E-state index in [2.05, 4.69) is 13.2 Å². The molecule has 4 rings (SSSR count). The van der Waals surface area contributed by atoms with E-state index in [-0.39, 0.29) is 41.5 Å². The molecule has 0 spiro atoms. The molecule has 242 valence electrons. The number of esters is 2. The molecule has 5 atom stereocenters. The van der Waals surface area contributed by atoms with Crippen LogP contribution < -0.4 is 0 Å². The molecule has 0 N–H and O–H groups in total. The first-order chi connectivity index (χ1) is 22.0. The standard InChI is InChI=1S/C36H38O9S/c1-24(2)25(3)31(37)21-32-30(23-46(40,41)29-18-12-7-13-19-29)34(42-4)33(45-32)20-28(44-36(39)27-16-10-6-11-17-27)22-43-35(38)26-14-8-5-9-15-26/h5-19,28,30,32-34H,1,3,20-23H2,2,4H3/t28-,30-,32-,33?,34+/m0/s1. The molecule has 0 aromatic heterocycles. The SMILES string of the molecule is C=C(C)C(=C)C(=O)C[C@@H]1OC(C[C@@H](COC(=O)c2ccccc2)OC(=O)c2ccccc2)[C@H](OC)[C@H]1CS(=O)(=O)c1ccccc1. The molecule has 1 heterocycles. The fourth-order valence-corrected chi connectivity index (χ4v) is 7.03. The largest absolute Gasteiger partial charge is 0.458 e. The van der Waals surface area contributed by atoms with E-state index in [0.717, 1.165) is 0 Å². The van der Waals surface area contributed by atoms with E-state index in [0.29, 0.717) is 16.7 Å². The highest BCUT2D eigenvalue weighted by Gasteiger charge is 2.48. The minimum atomic E-state index is -3.82. The summed E-state index contributed by atoms with van der Waals surface area (Å²) in [6.07, 6.45) is -3.65. The number of Topliss-reactive ketones (excluding diaryl/α,β-unsaturated/α-hetero) is 1. The summed E-state index contributed by atoms with van der Waals surface area (Å²) in [6, 6.07) is 24.7. The molecular formula is C36H38O9S. The van der Waals surface area contributed by atoms with Crippen molar-refractivity contribution in [3.05, 3.63) is 126 Å². The number of hydrogen-bond donors (Lipinski definition) is 0. The van der Waals surface area contributed by atoms with Crippen LogP contribution in [-0.2, 0) is 33.6 Å². The topological polar surface area (TPSA) is 122 Å². The van der Waals surface area contributed by atoms with Gasteiger partial charge in [0, 0.05) is 31.4 Å². The zero-order chi connectivity index (χ0) is 33.3. The normalized spacial score (nSPS) is 20.0. The van der Waals surface area contributed by atoms with Crippen LogP contribution in [0.1, 0.15) is 40.5 Å². The molecule has 1 aliphatic rings. The Balaban J connectivity index is 1.61. The van der Waals surface area contributed by atoms with Crippen LogP contribution >= 0.6 is 0 Å². The first-order valence-corrected chi connectivity index (χ1v) is 16.5. The van der Waals surface area contributed by atoms with E-state index in [1.807, 2.05) is 0 Å². The summed E-state index contributed by atoms with van der Waals surface area (Å²) in [6.45, 7) is 8.97. The first kappa shape index (κ1) is 34.5. The van der Waals surface area contributed by atoms with Crippen LogP contribution in [0.2, 0.25) is 0 Å². The zero-order valence-electron chi connectivity index (χ0n) is 25.9. The van der Waals surface area contributed by atoms with Crippen LogP contribution in [0, 0.1) is 5.92 Å². The van der Waals surface area contributed by atoms with Crippen molar-refractivity contribution in [2.75, 3.05) is 19.5 Å². The average molecular weight is 647 g/mol. The number of benzene rings is 3. The van der Waals surface area contributed by atoms with Crippen molar-refractivity contribution >= 4 is 27.6 Å². The van der Waals surface area contributed by atoms with Gasteiger partial charge in [0.15, 0.2) is 15.6 Å². The molecule has 1 saturated heterocycles. The van der Waals surface area contributed by atoms with Gasteiger partial charge in [-0.2, -0.15) is 0 Å². The molecule has 0 aliphatic carbocycles. The smallest absolute Gasteiger partial charge is 0.338 e. The first-order valence-electron chi connectivity index (χ1n) is 14.8. The second-order valence-electron chi connectivity index (χ2n) is 11.2. The van der Waals surface area contributed by atoms with Crippen molar-refractivity contribution in [3.63, 3.8) is 0 Å². The van der Waals surface area contributed by atoms with Gasteiger partial charge < -0.3 is 18.9 Å². The molecule has 0 radical (unpaired) electrons. The predicted molar refractivity (Wildman–Crippen MR) is 172 cm³/mol. The second-order valence-corrected chi connectivity index (χ2v) is 13.2. The van der Waals surface area contributed by atoms with E-state index >= 15 is 0 Å². The van der Waals surface area contributed by atoms with Crippen molar-refractivity contribution in [2.24, 2.45) is 5.92 Å². The van der Waals surface area contributed by atoms with Gasteiger partial charge in [0.05, 0.1) is 40.1 Å². The molecule has 1 unspecified atom stereocenters. The molecule has 0 bridgehead atoms. The van der Waals surface area contributed by atoms with E-state index in [4.69, 9.17) is 18.9 Å². The Morgan fingerprint density at radius 1 is 0.826 bits per heavy atom. The summed E-state index contributed by atoms with van der Waals surface area (Å²) in [7, 11) is -2.39. The lowest BCUT2D eigenvalue weighted by atomic mass is 9.91. The zero-order valence-corrected chi connectivity index (χ0v) is 26.7. The summed E-state index contributed by atoms with van der Waals surface area (Å²) in [5.41, 5.74) is 1.33. The van der Waals surface area contributed by atoms with Gasteiger partial charge in [0.25, 0.3) is 0 Å². The van der Waals surface area contributed by atoms with Crippen molar-refractivity contribution in [1.82, 2.24) is 0 Å². The third-order valence-electron chi connectivity index (χ3n) is 7.83. The third kappa shape index (κ3) is 8.87. The Hall–Kier alpha value is -4.38. The highest BCUT2D eigenvalue weighted by atomic mass is 32.2. The van der Waals surface area contributed by atoms with E-state index in [1.165, 1.54) is 19.2 Å². The summed E-state index contributed by atoms with van der Waals surface area (Å²) in [4.78, 5) is 39.1. The second kappa shape index (κ2) is 15.8. The molecule has 9 nitrogen and oxygen atoms in total. The van der Waals surface area contributed by atoms with Crippen LogP contribution in [0.4, 0.5) is 0 Å². The quantitative estimate of drug-likeness (QED) is 0.121. The van der Waals surface area contributed by atoms with Gasteiger partial charge >= 0.3 is 11.9 Å². The Labute approximate surface area is 269 Å². The fourth-order valence-electron chi connectivity index (χ4n) is 5.36. The number of allylic oxidation sites excluding steroid dienone is 2. The van der Waals surface area contributed by atoms with Crippen molar-refractivity contribution in [3.8, 4) is 0 Å². The molecule has 10 heteroatoms. The lowest BCUT2D eigenvalue weighted by Crippen LogP contribution is -2.38. The highest BCUT2D eigenvalue weighted by Crippen LogP contribution is 2.37. The number of rotatable bonds is 15. The van der Waals surface area contributed by atoms with Crippen LogP contribution in [0.25, 0.3) is 0 Å². The average Bonchev–Trinajstić information content (AvgIpc) is 3.37. The number of methoxy groups -OCH3 is 1. The van der Waals surface area contributed by atoms with E-state index < -0.39 is 52.1 Å². The molecule has 46 heavy (non-hydrogen) atoms. The monoisotopic (exact) mass is 646 g/mol. The van der Waals surface area contributed by atoms with E-state index in [1.54, 1.807) is 85.8 Å². The minimum absolute atomic E-state index is 0.00679. The lowest BCUT2D eigenvalue weighted by molar-refractivity contribution is -0.118. The number of hydrogen-bond acceptors (Lipinski definition) is 9. The van der Waals surface area contributed by atoms with Gasteiger partial charge in [0.1, 0.15) is 12.7 Å². The minimum Gasteiger partial charge on any atom is -0.458 e. The summed E-state index contributed by atoms with van der Waals surface area (Å²) in [5.74, 6) is -2.70. The third-order valence-corrected chi connectivity index (χ3v) is 9.64. The van der Waals surface area contributed by atoms with Crippen molar-refractivity contribution in [2.45, 2.75) is 49.1 Å². The highest BCUT2D eigenvalue weighted by molar-refractivity contribution is 7.91. The summed E-state index contributed by atoms with van der Waals surface area (Å²) in [5, 5.41) is 0. The van der Waals surface area contributed by atoms with Crippen LogP contribution in [0.5, 0.6) is 0 Å². The van der Waals surface area contributed by atoms with Crippen molar-refractivity contribution in [1.29, 1.82) is 0 Å². The van der Waals surface area contributed by atoms with Crippen molar-refractivity contribution < 1.29 is 41.7 Å². The molecule has 3 aromatic carbocycles. The lowest BCUT2D eigenvalue weighted by Gasteiger charge is -2.25. The Kier molecular flexibility index (Phi) is 11.8.